The Morgan fingerprint density at radius 3 is 2.62 bits per heavy atom. The summed E-state index contributed by atoms with van der Waals surface area (Å²) >= 11 is 0. The van der Waals surface area contributed by atoms with Gasteiger partial charge in [-0.15, -0.1) is 0 Å². The molecule has 0 aliphatic carbocycles. The molecule has 3 rings (SSSR count). The molecule has 1 aromatic carbocycles. The Kier molecular flexibility index (Phi) is 3.95. The third-order valence-electron chi connectivity index (χ3n) is 3.71. The van der Waals surface area contributed by atoms with Gasteiger partial charge in [0.15, 0.2) is 0 Å². The number of nitrogens with zero attached hydrogens (tertiary/aromatic N) is 3. The van der Waals surface area contributed by atoms with Crippen LogP contribution >= 0.6 is 0 Å². The van der Waals surface area contributed by atoms with Crippen molar-refractivity contribution >= 4 is 11.6 Å². The third-order valence-corrected chi connectivity index (χ3v) is 3.71. The number of benzene rings is 1. The first-order valence-corrected chi connectivity index (χ1v) is 7.19. The molecule has 124 valence electrons. The highest BCUT2D eigenvalue weighted by atomic mass is 16.5. The minimum Gasteiger partial charge on any atom is -0.479 e. The molecule has 0 unspecified atom stereocenters. The molecule has 1 amide bonds. The van der Waals surface area contributed by atoms with E-state index < -0.39 is 5.91 Å². The molecule has 0 fully saturated rings. The minimum absolute atomic E-state index is 0.0410. The average molecular weight is 328 g/mol. The van der Waals surface area contributed by atoms with Gasteiger partial charge in [0.1, 0.15) is 5.69 Å². The summed E-state index contributed by atoms with van der Waals surface area (Å²) in [5, 5.41) is 6.15. The normalized spacial score (nSPS) is 10.6. The van der Waals surface area contributed by atoms with E-state index in [0.717, 1.165) is 0 Å². The Balaban J connectivity index is 1.97. The Hall–Kier alpha value is -3.29. The second-order valence-corrected chi connectivity index (χ2v) is 5.12. The fourth-order valence-corrected chi connectivity index (χ4v) is 2.35. The average Bonchev–Trinajstić information content (AvgIpc) is 3.15. The fraction of sp³-hybridized carbons (Fsp3) is 0.188. The maximum absolute atomic E-state index is 12.7. The molecule has 0 aliphatic rings. The predicted molar refractivity (Wildman–Crippen MR) is 86.8 cm³/mol. The molecule has 8 nitrogen and oxygen atoms in total. The Bertz CT molecular complexity index is 937. The third kappa shape index (κ3) is 2.58. The van der Waals surface area contributed by atoms with Crippen LogP contribution in [0.15, 0.2) is 45.7 Å². The van der Waals surface area contributed by atoms with E-state index in [1.54, 1.807) is 18.7 Å². The zero-order valence-corrected chi connectivity index (χ0v) is 13.4. The van der Waals surface area contributed by atoms with Gasteiger partial charge in [-0.25, -0.2) is 4.68 Å². The van der Waals surface area contributed by atoms with Crippen molar-refractivity contribution in [2.24, 2.45) is 7.05 Å². The van der Waals surface area contributed by atoms with Crippen LogP contribution in [0, 0.1) is 6.92 Å². The maximum atomic E-state index is 12.7. The lowest BCUT2D eigenvalue weighted by Crippen LogP contribution is -2.22. The molecule has 2 aromatic heterocycles. The van der Waals surface area contributed by atoms with Gasteiger partial charge in [-0.05, 0) is 24.2 Å². The molecule has 0 bridgehead atoms. The molecule has 2 heterocycles. The molecular weight excluding hydrogens is 312 g/mol. The lowest BCUT2D eigenvalue weighted by molar-refractivity contribution is 0.0987. The number of aromatic nitrogens is 3. The number of amides is 1. The van der Waals surface area contributed by atoms with Crippen LogP contribution in [0.3, 0.4) is 0 Å². The summed E-state index contributed by atoms with van der Waals surface area (Å²) in [6.07, 6.45) is 0. The van der Waals surface area contributed by atoms with E-state index in [2.05, 4.69) is 10.5 Å². The van der Waals surface area contributed by atoms with Crippen molar-refractivity contribution in [2.45, 2.75) is 6.92 Å². The summed E-state index contributed by atoms with van der Waals surface area (Å²) in [6, 6.07) is 10.5. The summed E-state index contributed by atoms with van der Waals surface area (Å²) in [4.78, 5) is 24.9. The standard InChI is InChI=1S/C16H16N4O4/c1-10-14(17-15(21)12-9-13(23-3)18-24-12)16(22)20(19(10)2)11-7-5-4-6-8-11/h4-9H,1-3H3,(H,17,21). The number of hydrogen-bond acceptors (Lipinski definition) is 5. The highest BCUT2D eigenvalue weighted by Gasteiger charge is 2.21. The van der Waals surface area contributed by atoms with Crippen molar-refractivity contribution < 1.29 is 14.1 Å². The van der Waals surface area contributed by atoms with Gasteiger partial charge in [0.25, 0.3) is 17.3 Å². The van der Waals surface area contributed by atoms with Gasteiger partial charge in [0.05, 0.1) is 24.6 Å². The van der Waals surface area contributed by atoms with Crippen molar-refractivity contribution in [3.8, 4) is 11.6 Å². The van der Waals surface area contributed by atoms with Gasteiger partial charge in [-0.2, -0.15) is 0 Å². The molecule has 24 heavy (non-hydrogen) atoms. The van der Waals surface area contributed by atoms with E-state index in [4.69, 9.17) is 9.26 Å². The summed E-state index contributed by atoms with van der Waals surface area (Å²) < 4.78 is 12.9. The van der Waals surface area contributed by atoms with Crippen molar-refractivity contribution in [1.29, 1.82) is 0 Å². The van der Waals surface area contributed by atoms with Crippen LogP contribution in [0.1, 0.15) is 16.2 Å². The lowest BCUT2D eigenvalue weighted by Gasteiger charge is -2.07. The van der Waals surface area contributed by atoms with E-state index in [0.29, 0.717) is 11.4 Å². The van der Waals surface area contributed by atoms with Crippen LogP contribution in [-0.2, 0) is 7.05 Å². The number of para-hydroxylation sites is 1. The van der Waals surface area contributed by atoms with Crippen molar-refractivity contribution in [1.82, 2.24) is 14.5 Å². The molecule has 0 spiro atoms. The summed E-state index contributed by atoms with van der Waals surface area (Å²) in [7, 11) is 3.16. The number of ether oxygens (including phenoxy) is 1. The van der Waals surface area contributed by atoms with E-state index >= 15 is 0 Å². The number of nitrogens with one attached hydrogen (secondary N) is 1. The molecule has 0 aliphatic heterocycles. The Morgan fingerprint density at radius 2 is 2.00 bits per heavy atom. The fourth-order valence-electron chi connectivity index (χ4n) is 2.35. The van der Waals surface area contributed by atoms with E-state index in [9.17, 15) is 9.59 Å². The minimum atomic E-state index is -0.572. The number of methoxy groups -OCH3 is 1. The monoisotopic (exact) mass is 328 g/mol. The SMILES string of the molecule is COc1cc(C(=O)Nc2c(C)n(C)n(-c3ccccc3)c2=O)on1. The van der Waals surface area contributed by atoms with Gasteiger partial charge < -0.3 is 14.6 Å². The number of hydrogen-bond donors (Lipinski definition) is 1. The molecule has 0 saturated heterocycles. The first-order valence-electron chi connectivity index (χ1n) is 7.19. The lowest BCUT2D eigenvalue weighted by atomic mass is 10.3. The zero-order chi connectivity index (χ0) is 17.3. The molecule has 3 aromatic rings. The van der Waals surface area contributed by atoms with Crippen molar-refractivity contribution in [2.75, 3.05) is 12.4 Å². The topological polar surface area (TPSA) is 91.3 Å². The number of carbonyl (C=O) groups excluding carboxylic acids is 1. The van der Waals surface area contributed by atoms with Crippen molar-refractivity contribution in [3.63, 3.8) is 0 Å². The Labute approximate surface area is 137 Å². The van der Waals surface area contributed by atoms with E-state index in [1.807, 2.05) is 30.3 Å². The zero-order valence-electron chi connectivity index (χ0n) is 13.4. The number of anilines is 1. The van der Waals surface area contributed by atoms with Crippen molar-refractivity contribution in [3.05, 3.63) is 58.2 Å². The molecule has 1 N–H and O–H groups in total. The first-order chi connectivity index (χ1) is 11.5. The van der Waals surface area contributed by atoms with Gasteiger partial charge in [0.2, 0.25) is 5.76 Å². The first kappa shape index (κ1) is 15.6. The van der Waals surface area contributed by atoms with Crippen LogP contribution < -0.4 is 15.6 Å². The maximum Gasteiger partial charge on any atom is 0.295 e. The van der Waals surface area contributed by atoms with E-state index in [-0.39, 0.29) is 22.9 Å². The van der Waals surface area contributed by atoms with Crippen LogP contribution in [0.2, 0.25) is 0 Å². The summed E-state index contributed by atoms with van der Waals surface area (Å²) in [5.74, 6) is -0.427. The number of rotatable bonds is 4. The molecule has 0 radical (unpaired) electrons. The molecular formula is C16H16N4O4. The number of carbonyl (C=O) groups is 1. The highest BCUT2D eigenvalue weighted by molar-refractivity contribution is 6.02. The van der Waals surface area contributed by atoms with E-state index in [1.165, 1.54) is 17.9 Å². The summed E-state index contributed by atoms with van der Waals surface area (Å²) in [5.41, 5.74) is 1.17. The molecule has 0 saturated carbocycles. The second-order valence-electron chi connectivity index (χ2n) is 5.12. The van der Waals surface area contributed by atoms with Gasteiger partial charge >= 0.3 is 0 Å². The van der Waals surface area contributed by atoms with Gasteiger partial charge in [0, 0.05) is 7.05 Å². The van der Waals surface area contributed by atoms with Crippen LogP contribution in [0.5, 0.6) is 5.88 Å². The highest BCUT2D eigenvalue weighted by Crippen LogP contribution is 2.16. The van der Waals surface area contributed by atoms with Gasteiger partial charge in [-0.1, -0.05) is 18.2 Å². The second kappa shape index (κ2) is 6.07. The predicted octanol–water partition coefficient (Wildman–Crippen LogP) is 1.73. The molecule has 8 heteroatoms. The van der Waals surface area contributed by atoms with Crippen LogP contribution in [0.4, 0.5) is 5.69 Å². The van der Waals surface area contributed by atoms with Crippen LogP contribution in [-0.4, -0.2) is 27.5 Å². The largest absolute Gasteiger partial charge is 0.479 e. The summed E-state index contributed by atoms with van der Waals surface area (Å²) in [6.45, 7) is 1.75. The quantitative estimate of drug-likeness (QED) is 0.787. The Morgan fingerprint density at radius 1 is 1.29 bits per heavy atom. The molecule has 0 atom stereocenters. The van der Waals surface area contributed by atoms with Crippen LogP contribution in [0.25, 0.3) is 5.69 Å². The smallest absolute Gasteiger partial charge is 0.295 e. The van der Waals surface area contributed by atoms with Gasteiger partial charge in [-0.3, -0.25) is 14.3 Å².